The van der Waals surface area contributed by atoms with Gasteiger partial charge >= 0.3 is 0 Å². The highest BCUT2D eigenvalue weighted by Gasteiger charge is 2.35. The summed E-state index contributed by atoms with van der Waals surface area (Å²) < 4.78 is 10.5. The number of hydrogen-bond donors (Lipinski definition) is 1. The largest absolute Gasteiger partial charge is 0.469 e. The number of nitrogens with zero attached hydrogens (tertiary/aromatic N) is 2. The number of aliphatic imine (C=N–C) groups is 1. The molecule has 2 aliphatic rings. The van der Waals surface area contributed by atoms with Crippen molar-refractivity contribution in [2.24, 2.45) is 16.8 Å². The summed E-state index contributed by atoms with van der Waals surface area (Å²) >= 11 is 0. The van der Waals surface area contributed by atoms with Crippen molar-refractivity contribution in [1.29, 1.82) is 0 Å². The van der Waals surface area contributed by atoms with Crippen LogP contribution in [-0.2, 0) is 11.2 Å². The number of furan rings is 1. The average Bonchev–Trinajstić information content (AvgIpc) is 3.22. The second kappa shape index (κ2) is 8.39. The number of likely N-dealkylation sites (tertiary alicyclic amines) is 1. The summed E-state index contributed by atoms with van der Waals surface area (Å²) in [6, 6.07) is 3.96. The Kier molecular flexibility index (Phi) is 5.97. The van der Waals surface area contributed by atoms with Gasteiger partial charge in [-0.05, 0) is 36.8 Å². The van der Waals surface area contributed by atoms with Gasteiger partial charge in [0.15, 0.2) is 5.96 Å². The van der Waals surface area contributed by atoms with E-state index in [0.717, 1.165) is 49.6 Å². The van der Waals surface area contributed by atoms with Gasteiger partial charge in [-0.2, -0.15) is 0 Å². The molecule has 2 heterocycles. The zero-order chi connectivity index (χ0) is 15.9. The molecule has 23 heavy (non-hydrogen) atoms. The Hall–Kier alpha value is -1.49. The molecule has 1 N–H and O–H groups in total. The number of hydrogen-bond acceptors (Lipinski definition) is 3. The van der Waals surface area contributed by atoms with Gasteiger partial charge in [-0.1, -0.05) is 12.8 Å². The summed E-state index contributed by atoms with van der Waals surface area (Å²) in [5.41, 5.74) is 0. The summed E-state index contributed by atoms with van der Waals surface area (Å²) in [7, 11) is 1.73. The lowest BCUT2D eigenvalue weighted by Crippen LogP contribution is -2.41. The first-order valence-electron chi connectivity index (χ1n) is 8.91. The monoisotopic (exact) mass is 319 g/mol. The molecule has 1 aromatic rings. The number of guanidine groups is 1. The molecule has 1 aromatic heterocycles. The van der Waals surface area contributed by atoms with Crippen LogP contribution in [0.1, 0.15) is 31.4 Å². The number of fused-ring (bicyclic) bond motifs is 1. The van der Waals surface area contributed by atoms with Gasteiger partial charge in [0, 0.05) is 33.2 Å². The van der Waals surface area contributed by atoms with Crippen LogP contribution in [0.4, 0.5) is 0 Å². The Morgan fingerprint density at radius 2 is 2.13 bits per heavy atom. The Balaban J connectivity index is 1.55. The van der Waals surface area contributed by atoms with Crippen molar-refractivity contribution < 1.29 is 9.15 Å². The second-order valence-electron chi connectivity index (χ2n) is 6.66. The van der Waals surface area contributed by atoms with Gasteiger partial charge in [-0.15, -0.1) is 0 Å². The van der Waals surface area contributed by atoms with Crippen LogP contribution in [0, 0.1) is 11.8 Å². The van der Waals surface area contributed by atoms with Crippen molar-refractivity contribution in [1.82, 2.24) is 10.2 Å². The van der Waals surface area contributed by atoms with E-state index in [-0.39, 0.29) is 0 Å². The van der Waals surface area contributed by atoms with Crippen molar-refractivity contribution in [2.45, 2.75) is 32.1 Å². The third-order valence-corrected chi connectivity index (χ3v) is 5.07. The minimum absolute atomic E-state index is 0.671. The molecule has 1 saturated heterocycles. The number of nitrogens with one attached hydrogen (secondary N) is 1. The Labute approximate surface area is 139 Å². The van der Waals surface area contributed by atoms with Crippen molar-refractivity contribution in [3.63, 3.8) is 0 Å². The molecular weight excluding hydrogens is 290 g/mol. The van der Waals surface area contributed by atoms with E-state index < -0.39 is 0 Å². The lowest BCUT2D eigenvalue weighted by atomic mass is 9.82. The van der Waals surface area contributed by atoms with Crippen LogP contribution in [0.15, 0.2) is 27.8 Å². The first-order chi connectivity index (χ1) is 11.4. The molecule has 5 heteroatoms. The highest BCUT2D eigenvalue weighted by molar-refractivity contribution is 5.80. The zero-order valence-corrected chi connectivity index (χ0v) is 14.2. The third kappa shape index (κ3) is 4.50. The van der Waals surface area contributed by atoms with Crippen LogP contribution in [-0.4, -0.2) is 50.8 Å². The normalized spacial score (nSPS) is 24.7. The van der Waals surface area contributed by atoms with Gasteiger partial charge < -0.3 is 19.4 Å². The lowest BCUT2D eigenvalue weighted by Gasteiger charge is -2.22. The van der Waals surface area contributed by atoms with E-state index in [4.69, 9.17) is 14.1 Å². The van der Waals surface area contributed by atoms with Crippen molar-refractivity contribution >= 4 is 5.96 Å². The van der Waals surface area contributed by atoms with Crippen LogP contribution in [0.25, 0.3) is 0 Å². The van der Waals surface area contributed by atoms with E-state index in [1.54, 1.807) is 13.4 Å². The van der Waals surface area contributed by atoms with Gasteiger partial charge in [0.05, 0.1) is 19.4 Å². The minimum Gasteiger partial charge on any atom is -0.469 e. The molecule has 0 bridgehead atoms. The number of methoxy groups -OCH3 is 1. The maximum absolute atomic E-state index is 5.40. The molecule has 0 radical (unpaired) electrons. The fourth-order valence-corrected chi connectivity index (χ4v) is 3.84. The molecule has 128 valence electrons. The average molecular weight is 319 g/mol. The van der Waals surface area contributed by atoms with E-state index in [9.17, 15) is 0 Å². The van der Waals surface area contributed by atoms with Crippen LogP contribution in [0.2, 0.25) is 0 Å². The van der Waals surface area contributed by atoms with Gasteiger partial charge in [-0.3, -0.25) is 4.99 Å². The van der Waals surface area contributed by atoms with E-state index in [1.165, 1.54) is 25.7 Å². The Bertz CT molecular complexity index is 472. The quantitative estimate of drug-likeness (QED) is 0.497. The lowest BCUT2D eigenvalue weighted by molar-refractivity contribution is 0.207. The molecule has 2 atom stereocenters. The number of rotatable bonds is 6. The second-order valence-corrected chi connectivity index (χ2v) is 6.66. The first kappa shape index (κ1) is 16.4. The van der Waals surface area contributed by atoms with Crippen LogP contribution in [0.5, 0.6) is 0 Å². The molecule has 1 aliphatic carbocycles. The number of ether oxygens (including phenoxy) is 1. The van der Waals surface area contributed by atoms with E-state index in [0.29, 0.717) is 13.2 Å². The summed E-state index contributed by atoms with van der Waals surface area (Å²) in [5, 5.41) is 3.53. The summed E-state index contributed by atoms with van der Waals surface area (Å²) in [4.78, 5) is 7.20. The standard InChI is InChI=1S/C18H29N3O2/c1-22-12-10-20-18(19-9-8-17-7-4-11-23-17)21-13-15-5-2-3-6-16(15)14-21/h4,7,11,15-16H,2-3,5-6,8-10,12-14H2,1H3,(H,19,20). The van der Waals surface area contributed by atoms with Crippen LogP contribution < -0.4 is 5.32 Å². The van der Waals surface area contributed by atoms with Crippen LogP contribution >= 0.6 is 0 Å². The summed E-state index contributed by atoms with van der Waals surface area (Å²) in [5.74, 6) is 3.79. The maximum atomic E-state index is 5.40. The van der Waals surface area contributed by atoms with Gasteiger partial charge in [0.25, 0.3) is 0 Å². The first-order valence-corrected chi connectivity index (χ1v) is 8.91. The molecule has 2 unspecified atom stereocenters. The van der Waals surface area contributed by atoms with Gasteiger partial charge in [0.1, 0.15) is 5.76 Å². The van der Waals surface area contributed by atoms with Crippen molar-refractivity contribution in [3.05, 3.63) is 24.2 Å². The van der Waals surface area contributed by atoms with E-state index in [1.807, 2.05) is 12.1 Å². The van der Waals surface area contributed by atoms with Crippen molar-refractivity contribution in [3.8, 4) is 0 Å². The summed E-state index contributed by atoms with van der Waals surface area (Å²) in [6.07, 6.45) is 8.19. The third-order valence-electron chi connectivity index (χ3n) is 5.07. The molecule has 2 fully saturated rings. The van der Waals surface area contributed by atoms with Gasteiger partial charge in [0.2, 0.25) is 0 Å². The molecule has 1 aliphatic heterocycles. The fourth-order valence-electron chi connectivity index (χ4n) is 3.84. The highest BCUT2D eigenvalue weighted by atomic mass is 16.5. The molecular formula is C18H29N3O2. The Morgan fingerprint density at radius 1 is 1.35 bits per heavy atom. The zero-order valence-electron chi connectivity index (χ0n) is 14.2. The van der Waals surface area contributed by atoms with Crippen molar-refractivity contribution in [2.75, 3.05) is 39.9 Å². The predicted molar refractivity (Wildman–Crippen MR) is 91.6 cm³/mol. The fraction of sp³-hybridized carbons (Fsp3) is 0.722. The molecule has 0 spiro atoms. The molecule has 0 aromatic carbocycles. The van der Waals surface area contributed by atoms with Gasteiger partial charge in [-0.25, -0.2) is 0 Å². The molecule has 5 nitrogen and oxygen atoms in total. The molecule has 0 amide bonds. The topological polar surface area (TPSA) is 50.0 Å². The SMILES string of the molecule is COCCN=C(NCCc1ccco1)N1CC2CCCCC2C1. The smallest absolute Gasteiger partial charge is 0.194 e. The molecule has 1 saturated carbocycles. The predicted octanol–water partition coefficient (Wildman–Crippen LogP) is 2.54. The van der Waals surface area contributed by atoms with E-state index >= 15 is 0 Å². The summed E-state index contributed by atoms with van der Waals surface area (Å²) in [6.45, 7) is 4.55. The highest BCUT2D eigenvalue weighted by Crippen LogP contribution is 2.35. The maximum Gasteiger partial charge on any atom is 0.194 e. The minimum atomic E-state index is 0.671. The van der Waals surface area contributed by atoms with Crippen LogP contribution in [0.3, 0.4) is 0 Å². The molecule has 3 rings (SSSR count). The van der Waals surface area contributed by atoms with E-state index in [2.05, 4.69) is 10.2 Å². The Morgan fingerprint density at radius 3 is 2.78 bits per heavy atom.